The van der Waals surface area contributed by atoms with Crippen LogP contribution in [0.25, 0.3) is 0 Å². The third-order valence-corrected chi connectivity index (χ3v) is 2.64. The summed E-state index contributed by atoms with van der Waals surface area (Å²) in [6, 6.07) is -2.88. The van der Waals surface area contributed by atoms with Gasteiger partial charge in [0.15, 0.2) is 0 Å². The fraction of sp³-hybridized carbons (Fsp3) is 0.538. The van der Waals surface area contributed by atoms with Crippen LogP contribution in [-0.4, -0.2) is 61.0 Å². The first kappa shape index (κ1) is 23.3. The summed E-state index contributed by atoms with van der Waals surface area (Å²) in [7, 11) is 0. The standard InChI is InChI=1S/C13H20N4O9/c14-4-10(20)24-9(19)3-7(17)13(23)25-8(18)2-1-6(16)12(22)26-11(21)5-15/h6-7H,1-5,14-17H2/t6-,7-/m0/s1. The van der Waals surface area contributed by atoms with E-state index >= 15 is 0 Å². The average molecular weight is 376 g/mol. The van der Waals surface area contributed by atoms with Crippen molar-refractivity contribution in [3.63, 3.8) is 0 Å². The van der Waals surface area contributed by atoms with E-state index in [4.69, 9.17) is 22.9 Å². The van der Waals surface area contributed by atoms with Crippen molar-refractivity contribution >= 4 is 35.8 Å². The van der Waals surface area contributed by atoms with Crippen molar-refractivity contribution in [2.75, 3.05) is 13.1 Å². The number of carbonyl (C=O) groups excluding carboxylic acids is 6. The third-order valence-electron chi connectivity index (χ3n) is 2.64. The van der Waals surface area contributed by atoms with Crippen molar-refractivity contribution < 1.29 is 43.0 Å². The zero-order valence-corrected chi connectivity index (χ0v) is 13.7. The predicted molar refractivity (Wildman–Crippen MR) is 81.2 cm³/mol. The lowest BCUT2D eigenvalue weighted by atomic mass is 10.1. The molecule has 26 heavy (non-hydrogen) atoms. The zero-order valence-electron chi connectivity index (χ0n) is 13.7. The molecule has 13 nitrogen and oxygen atoms in total. The molecular weight excluding hydrogens is 356 g/mol. The Balaban J connectivity index is 4.27. The number of hydrogen-bond donors (Lipinski definition) is 4. The smallest absolute Gasteiger partial charge is 0.331 e. The molecule has 0 aliphatic rings. The Morgan fingerprint density at radius 1 is 0.654 bits per heavy atom. The molecular formula is C13H20N4O9. The number of esters is 6. The average Bonchev–Trinajstić information content (AvgIpc) is 2.58. The van der Waals surface area contributed by atoms with Gasteiger partial charge in [-0.2, -0.15) is 0 Å². The molecule has 0 aliphatic carbocycles. The van der Waals surface area contributed by atoms with E-state index in [0.29, 0.717) is 0 Å². The normalized spacial score (nSPS) is 12.5. The molecule has 0 bridgehead atoms. The van der Waals surface area contributed by atoms with Gasteiger partial charge in [0.2, 0.25) is 0 Å². The highest BCUT2D eigenvalue weighted by Crippen LogP contribution is 2.02. The van der Waals surface area contributed by atoms with E-state index in [1.54, 1.807) is 0 Å². The Bertz CT molecular complexity index is 578. The molecule has 0 aliphatic heterocycles. The monoisotopic (exact) mass is 376 g/mol. The highest BCUT2D eigenvalue weighted by molar-refractivity contribution is 5.93. The highest BCUT2D eigenvalue weighted by atomic mass is 16.6. The van der Waals surface area contributed by atoms with E-state index in [1.807, 2.05) is 0 Å². The lowest BCUT2D eigenvalue weighted by Crippen LogP contribution is -2.38. The molecule has 2 atom stereocenters. The van der Waals surface area contributed by atoms with Crippen LogP contribution in [0.1, 0.15) is 19.3 Å². The van der Waals surface area contributed by atoms with Gasteiger partial charge in [-0.1, -0.05) is 0 Å². The maximum atomic E-state index is 11.5. The third kappa shape index (κ3) is 9.53. The second kappa shape index (κ2) is 11.8. The molecule has 13 heteroatoms. The lowest BCUT2D eigenvalue weighted by Gasteiger charge is -2.11. The molecule has 0 fully saturated rings. The molecule has 146 valence electrons. The van der Waals surface area contributed by atoms with Gasteiger partial charge in [0.25, 0.3) is 0 Å². The van der Waals surface area contributed by atoms with Gasteiger partial charge in [0.1, 0.15) is 12.1 Å². The van der Waals surface area contributed by atoms with E-state index in [9.17, 15) is 28.8 Å². The summed E-state index contributed by atoms with van der Waals surface area (Å²) < 4.78 is 12.8. The minimum Gasteiger partial charge on any atom is -0.392 e. The molecule has 0 rings (SSSR count). The molecule has 8 N–H and O–H groups in total. The molecule has 0 saturated carbocycles. The van der Waals surface area contributed by atoms with Gasteiger partial charge in [-0.05, 0) is 6.42 Å². The number of ether oxygens (including phenoxy) is 3. The van der Waals surface area contributed by atoms with Gasteiger partial charge in [0, 0.05) is 6.42 Å². The van der Waals surface area contributed by atoms with Crippen molar-refractivity contribution in [1.29, 1.82) is 0 Å². The van der Waals surface area contributed by atoms with Gasteiger partial charge >= 0.3 is 35.8 Å². The van der Waals surface area contributed by atoms with Gasteiger partial charge in [-0.25, -0.2) is 9.59 Å². The number of carbonyl (C=O) groups is 6. The van der Waals surface area contributed by atoms with Crippen LogP contribution in [0.4, 0.5) is 0 Å². The van der Waals surface area contributed by atoms with Crippen molar-refractivity contribution in [3.8, 4) is 0 Å². The molecule has 0 heterocycles. The van der Waals surface area contributed by atoms with E-state index in [1.165, 1.54) is 0 Å². The molecule has 0 aromatic carbocycles. The van der Waals surface area contributed by atoms with Gasteiger partial charge in [-0.3, -0.25) is 19.2 Å². The molecule has 0 amide bonds. The summed E-state index contributed by atoms with van der Waals surface area (Å²) in [6.07, 6.45) is -1.47. The Hall–Kier alpha value is -2.74. The Morgan fingerprint density at radius 2 is 1.12 bits per heavy atom. The van der Waals surface area contributed by atoms with E-state index < -0.39 is 73.8 Å². The van der Waals surface area contributed by atoms with E-state index in [2.05, 4.69) is 14.2 Å². The van der Waals surface area contributed by atoms with Crippen molar-refractivity contribution in [2.24, 2.45) is 22.9 Å². The molecule has 0 saturated heterocycles. The molecule has 0 unspecified atom stereocenters. The maximum Gasteiger partial charge on any atom is 0.331 e. The van der Waals surface area contributed by atoms with Crippen LogP contribution in [0.2, 0.25) is 0 Å². The van der Waals surface area contributed by atoms with E-state index in [-0.39, 0.29) is 6.42 Å². The fourth-order valence-electron chi connectivity index (χ4n) is 1.33. The lowest BCUT2D eigenvalue weighted by molar-refractivity contribution is -0.165. The minimum atomic E-state index is -1.56. The number of rotatable bonds is 9. The first-order valence-corrected chi connectivity index (χ1v) is 7.24. The van der Waals surface area contributed by atoms with Crippen LogP contribution < -0.4 is 22.9 Å². The van der Waals surface area contributed by atoms with Crippen LogP contribution in [0, 0.1) is 0 Å². The van der Waals surface area contributed by atoms with Crippen LogP contribution in [-0.2, 0) is 43.0 Å². The zero-order chi connectivity index (χ0) is 20.3. The second-order valence-electron chi connectivity index (χ2n) is 4.80. The summed E-state index contributed by atoms with van der Waals surface area (Å²) in [5.74, 6) is -6.54. The van der Waals surface area contributed by atoms with E-state index in [0.717, 1.165) is 0 Å². The molecule has 0 spiro atoms. The number of nitrogens with two attached hydrogens (primary N) is 4. The summed E-state index contributed by atoms with van der Waals surface area (Å²) in [5, 5.41) is 0. The maximum absolute atomic E-state index is 11.5. The first-order valence-electron chi connectivity index (χ1n) is 7.24. The topological polar surface area (TPSA) is 234 Å². The van der Waals surface area contributed by atoms with Gasteiger partial charge in [-0.15, -0.1) is 0 Å². The summed E-state index contributed by atoms with van der Waals surface area (Å²) in [4.78, 5) is 67.2. The molecule has 0 aromatic heterocycles. The van der Waals surface area contributed by atoms with Crippen LogP contribution in [0.15, 0.2) is 0 Å². The second-order valence-corrected chi connectivity index (χ2v) is 4.80. The van der Waals surface area contributed by atoms with Gasteiger partial charge < -0.3 is 37.1 Å². The Kier molecular flexibility index (Phi) is 10.5. The highest BCUT2D eigenvalue weighted by Gasteiger charge is 2.25. The van der Waals surface area contributed by atoms with Crippen molar-refractivity contribution in [2.45, 2.75) is 31.3 Å². The van der Waals surface area contributed by atoms with Crippen LogP contribution >= 0.6 is 0 Å². The predicted octanol–water partition coefficient (Wildman–Crippen LogP) is -4.06. The summed E-state index contributed by atoms with van der Waals surface area (Å²) in [5.41, 5.74) is 20.6. The fourth-order valence-corrected chi connectivity index (χ4v) is 1.33. The Morgan fingerprint density at radius 3 is 1.65 bits per heavy atom. The summed E-state index contributed by atoms with van der Waals surface area (Å²) in [6.45, 7) is -1.06. The number of hydrogen-bond acceptors (Lipinski definition) is 13. The van der Waals surface area contributed by atoms with Crippen molar-refractivity contribution in [1.82, 2.24) is 0 Å². The Labute approximate surface area is 147 Å². The quantitative estimate of drug-likeness (QED) is 0.170. The SMILES string of the molecule is NCC(=O)OC(=O)C[C@H](N)C(=O)OC(=O)CC[C@H](N)C(=O)OC(=O)CN. The summed E-state index contributed by atoms with van der Waals surface area (Å²) >= 11 is 0. The van der Waals surface area contributed by atoms with Crippen molar-refractivity contribution in [3.05, 3.63) is 0 Å². The minimum absolute atomic E-state index is 0.287. The molecule has 0 radical (unpaired) electrons. The van der Waals surface area contributed by atoms with Crippen LogP contribution in [0.5, 0.6) is 0 Å². The van der Waals surface area contributed by atoms with Gasteiger partial charge in [0.05, 0.1) is 19.5 Å². The first-order chi connectivity index (χ1) is 12.1. The molecule has 0 aromatic rings. The van der Waals surface area contributed by atoms with Crippen LogP contribution in [0.3, 0.4) is 0 Å². The largest absolute Gasteiger partial charge is 0.392 e.